The van der Waals surface area contributed by atoms with Crippen molar-refractivity contribution < 1.29 is 0 Å². The van der Waals surface area contributed by atoms with Crippen LogP contribution in [0.15, 0.2) is 16.8 Å². The minimum atomic E-state index is 0.574. The van der Waals surface area contributed by atoms with Gasteiger partial charge in [-0.2, -0.15) is 0 Å². The van der Waals surface area contributed by atoms with Gasteiger partial charge in [0.05, 0.1) is 6.54 Å². The predicted molar refractivity (Wildman–Crippen MR) is 112 cm³/mol. The number of rotatable bonds is 0. The van der Waals surface area contributed by atoms with Gasteiger partial charge in [0.1, 0.15) is 0 Å². The van der Waals surface area contributed by atoms with Gasteiger partial charge >= 0.3 is 0 Å². The Hall–Kier alpha value is -0.870. The van der Waals surface area contributed by atoms with Crippen LogP contribution in [0.3, 0.4) is 0 Å². The third kappa shape index (κ3) is 6.09. The second kappa shape index (κ2) is 10.5. The van der Waals surface area contributed by atoms with Crippen molar-refractivity contribution in [3.05, 3.63) is 11.8 Å². The molecule has 4 nitrogen and oxygen atoms in total. The van der Waals surface area contributed by atoms with E-state index in [1.54, 1.807) is 0 Å². The highest BCUT2D eigenvalue weighted by atomic mass is 15.0. The molecule has 1 heterocycles. The van der Waals surface area contributed by atoms with Crippen LogP contribution in [0.5, 0.6) is 0 Å². The van der Waals surface area contributed by atoms with E-state index in [1.165, 1.54) is 76.5 Å². The van der Waals surface area contributed by atoms with Crippen LogP contribution in [0.2, 0.25) is 0 Å². The predicted octanol–water partition coefficient (Wildman–Crippen LogP) is 3.78. The molecular weight excluding hydrogens is 320 g/mol. The lowest BCUT2D eigenvalue weighted by atomic mass is 9.81. The second-order valence-corrected chi connectivity index (χ2v) is 8.69. The lowest BCUT2D eigenvalue weighted by molar-refractivity contribution is 0.241. The highest BCUT2D eigenvalue weighted by Crippen LogP contribution is 2.28. The first-order valence-electron chi connectivity index (χ1n) is 11.1. The number of nitrogens with zero attached hydrogens (tertiary/aromatic N) is 1. The molecule has 0 spiro atoms. The molecule has 2 fully saturated rings. The van der Waals surface area contributed by atoms with Crippen molar-refractivity contribution in [2.45, 2.75) is 96.2 Å². The molecule has 0 bridgehead atoms. The van der Waals surface area contributed by atoms with Gasteiger partial charge in [-0.1, -0.05) is 25.7 Å². The first-order chi connectivity index (χ1) is 12.7. The quantitative estimate of drug-likeness (QED) is 0.616. The molecule has 1 aliphatic heterocycles. The highest BCUT2D eigenvalue weighted by Gasteiger charge is 2.26. The minimum absolute atomic E-state index is 0.574. The molecule has 4 heteroatoms. The summed E-state index contributed by atoms with van der Waals surface area (Å²) in [6.07, 6.45) is 15.8. The van der Waals surface area contributed by atoms with Gasteiger partial charge in [0.25, 0.3) is 0 Å². The standard InChI is InChI=1S/C22H40N4/c1-17-16-18(2)26-22-12-6-5-11-21(22)24-13-7-9-19-8-3-4-10-20(19)25-15-14-23-17/h16,19-22,24-26H,3-15H2,1-2H3/t19-,20+,21+,22+/m0/s1. The topological polar surface area (TPSA) is 48.5 Å². The Labute approximate surface area is 160 Å². The maximum Gasteiger partial charge on any atom is 0.0517 e. The lowest BCUT2D eigenvalue weighted by Gasteiger charge is -2.35. The number of aliphatic imine (C=N–C) groups is 1. The molecule has 148 valence electrons. The summed E-state index contributed by atoms with van der Waals surface area (Å²) in [5.41, 5.74) is 2.40. The molecule has 0 aromatic carbocycles. The van der Waals surface area contributed by atoms with Crippen LogP contribution in [0.1, 0.15) is 78.1 Å². The molecule has 0 radical (unpaired) electrons. The maximum absolute atomic E-state index is 4.77. The third-order valence-electron chi connectivity index (χ3n) is 6.55. The number of hydrogen-bond acceptors (Lipinski definition) is 4. The molecule has 3 rings (SSSR count). The first kappa shape index (κ1) is 19.9. The van der Waals surface area contributed by atoms with E-state index in [0.717, 1.165) is 24.7 Å². The molecule has 0 aromatic rings. The zero-order valence-electron chi connectivity index (χ0n) is 17.0. The SMILES string of the molecule is CC1=CC(C)=NCCN[C@@H]2CCCC[C@H]2CCCN[C@@H]2CCCC[C@H]2N1. The zero-order valence-corrected chi connectivity index (χ0v) is 17.0. The van der Waals surface area contributed by atoms with Crippen molar-refractivity contribution in [3.63, 3.8) is 0 Å². The molecule has 0 aromatic heterocycles. The summed E-state index contributed by atoms with van der Waals surface area (Å²) in [4.78, 5) is 4.77. The fraction of sp³-hybridized carbons (Fsp3) is 0.864. The van der Waals surface area contributed by atoms with Crippen LogP contribution < -0.4 is 16.0 Å². The van der Waals surface area contributed by atoms with Crippen LogP contribution in [0.25, 0.3) is 0 Å². The Kier molecular flexibility index (Phi) is 8.00. The van der Waals surface area contributed by atoms with E-state index in [1.807, 2.05) is 0 Å². The Morgan fingerprint density at radius 3 is 2.27 bits per heavy atom. The monoisotopic (exact) mass is 360 g/mol. The van der Waals surface area contributed by atoms with Crippen molar-refractivity contribution in [3.8, 4) is 0 Å². The van der Waals surface area contributed by atoms with Gasteiger partial charge in [-0.05, 0) is 70.9 Å². The number of fused-ring (bicyclic) bond motifs is 2. The Balaban J connectivity index is 1.66. The summed E-state index contributed by atoms with van der Waals surface area (Å²) in [7, 11) is 0. The Morgan fingerprint density at radius 1 is 0.769 bits per heavy atom. The molecule has 26 heavy (non-hydrogen) atoms. The molecule has 3 N–H and O–H groups in total. The van der Waals surface area contributed by atoms with Crippen LogP contribution >= 0.6 is 0 Å². The summed E-state index contributed by atoms with van der Waals surface area (Å²) in [5.74, 6) is 0.867. The average Bonchev–Trinajstić information content (AvgIpc) is 2.63. The summed E-state index contributed by atoms with van der Waals surface area (Å²) in [6.45, 7) is 7.41. The van der Waals surface area contributed by atoms with E-state index in [4.69, 9.17) is 4.99 Å². The number of nitrogens with one attached hydrogen (secondary N) is 3. The van der Waals surface area contributed by atoms with Crippen molar-refractivity contribution in [2.75, 3.05) is 19.6 Å². The van der Waals surface area contributed by atoms with E-state index in [2.05, 4.69) is 35.9 Å². The van der Waals surface area contributed by atoms with Gasteiger partial charge in [0.2, 0.25) is 0 Å². The van der Waals surface area contributed by atoms with Gasteiger partial charge in [0, 0.05) is 36.1 Å². The van der Waals surface area contributed by atoms with Crippen molar-refractivity contribution in [1.29, 1.82) is 0 Å². The van der Waals surface area contributed by atoms with E-state index in [9.17, 15) is 0 Å². The van der Waals surface area contributed by atoms with E-state index >= 15 is 0 Å². The lowest BCUT2D eigenvalue weighted by Crippen LogP contribution is -2.49. The van der Waals surface area contributed by atoms with E-state index < -0.39 is 0 Å². The van der Waals surface area contributed by atoms with Gasteiger partial charge < -0.3 is 16.0 Å². The first-order valence-corrected chi connectivity index (χ1v) is 11.1. The molecule has 3 aliphatic rings. The van der Waals surface area contributed by atoms with Crippen molar-refractivity contribution in [1.82, 2.24) is 16.0 Å². The average molecular weight is 361 g/mol. The zero-order chi connectivity index (χ0) is 18.2. The summed E-state index contributed by atoms with van der Waals surface area (Å²) < 4.78 is 0. The summed E-state index contributed by atoms with van der Waals surface area (Å²) >= 11 is 0. The Bertz CT molecular complexity index is 485. The third-order valence-corrected chi connectivity index (χ3v) is 6.55. The normalized spacial score (nSPS) is 35.3. The molecule has 2 aliphatic carbocycles. The van der Waals surface area contributed by atoms with Crippen LogP contribution in [-0.4, -0.2) is 43.5 Å². The largest absolute Gasteiger partial charge is 0.384 e. The van der Waals surface area contributed by atoms with Crippen LogP contribution in [0.4, 0.5) is 0 Å². The highest BCUT2D eigenvalue weighted by molar-refractivity contribution is 5.93. The van der Waals surface area contributed by atoms with Gasteiger partial charge in [0.15, 0.2) is 0 Å². The molecule has 2 saturated carbocycles. The Morgan fingerprint density at radius 2 is 1.42 bits per heavy atom. The molecular formula is C22H40N4. The minimum Gasteiger partial charge on any atom is -0.384 e. The number of allylic oxidation sites excluding steroid dienone is 2. The molecule has 0 amide bonds. The second-order valence-electron chi connectivity index (χ2n) is 8.69. The van der Waals surface area contributed by atoms with E-state index in [0.29, 0.717) is 18.1 Å². The molecule has 0 saturated heterocycles. The van der Waals surface area contributed by atoms with Crippen LogP contribution in [-0.2, 0) is 0 Å². The molecule has 4 atom stereocenters. The summed E-state index contributed by atoms with van der Waals surface area (Å²) in [5, 5.41) is 11.5. The smallest absolute Gasteiger partial charge is 0.0517 e. The fourth-order valence-electron chi connectivity index (χ4n) is 5.20. The summed E-state index contributed by atoms with van der Waals surface area (Å²) in [6, 6.07) is 1.91. The van der Waals surface area contributed by atoms with Crippen molar-refractivity contribution in [2.24, 2.45) is 10.9 Å². The van der Waals surface area contributed by atoms with Crippen LogP contribution in [0, 0.1) is 5.92 Å². The fourth-order valence-corrected chi connectivity index (χ4v) is 5.20. The van der Waals surface area contributed by atoms with Gasteiger partial charge in [-0.25, -0.2) is 0 Å². The maximum atomic E-state index is 4.77. The molecule has 0 unspecified atom stereocenters. The number of hydrogen-bond donors (Lipinski definition) is 3. The van der Waals surface area contributed by atoms with Crippen molar-refractivity contribution >= 4 is 5.71 Å². The van der Waals surface area contributed by atoms with Gasteiger partial charge in [-0.15, -0.1) is 0 Å². The van der Waals surface area contributed by atoms with E-state index in [-0.39, 0.29) is 0 Å². The van der Waals surface area contributed by atoms with Gasteiger partial charge in [-0.3, -0.25) is 4.99 Å².